The summed E-state index contributed by atoms with van der Waals surface area (Å²) >= 11 is 0. The minimum absolute atomic E-state index is 0.134. The smallest absolute Gasteiger partial charge is 0.155 e. The second-order valence-electron chi connectivity index (χ2n) is 5.88. The number of hydrogen-bond donors (Lipinski definition) is 0. The number of ketones is 1. The minimum Gasteiger partial charge on any atom is -0.295 e. The van der Waals surface area contributed by atoms with Crippen LogP contribution < -0.4 is 0 Å². The van der Waals surface area contributed by atoms with Gasteiger partial charge in [0.25, 0.3) is 0 Å². The topological polar surface area (TPSA) is 17.1 Å². The summed E-state index contributed by atoms with van der Waals surface area (Å²) in [5, 5.41) is 0. The molecule has 1 heteroatoms. The molecule has 0 saturated carbocycles. The highest BCUT2D eigenvalue weighted by Crippen LogP contribution is 2.21. The van der Waals surface area contributed by atoms with Crippen molar-refractivity contribution in [1.82, 2.24) is 0 Å². The van der Waals surface area contributed by atoms with Crippen LogP contribution in [0.4, 0.5) is 0 Å². The van der Waals surface area contributed by atoms with Crippen LogP contribution in [0.15, 0.2) is 11.6 Å². The van der Waals surface area contributed by atoms with Gasteiger partial charge in [-0.3, -0.25) is 4.79 Å². The van der Waals surface area contributed by atoms with Crippen molar-refractivity contribution < 1.29 is 4.79 Å². The molecular weight excluding hydrogens is 208 g/mol. The van der Waals surface area contributed by atoms with E-state index in [0.29, 0.717) is 5.78 Å². The van der Waals surface area contributed by atoms with Gasteiger partial charge < -0.3 is 0 Å². The Bertz CT molecular complexity index is 344. The van der Waals surface area contributed by atoms with Crippen LogP contribution in [-0.2, 0) is 4.79 Å². The highest BCUT2D eigenvalue weighted by molar-refractivity contribution is 5.92. The Morgan fingerprint density at radius 1 is 1.18 bits per heavy atom. The molecule has 0 spiro atoms. The monoisotopic (exact) mass is 232 g/mol. The molecule has 0 amide bonds. The Morgan fingerprint density at radius 2 is 1.94 bits per heavy atom. The van der Waals surface area contributed by atoms with E-state index >= 15 is 0 Å². The van der Waals surface area contributed by atoms with Gasteiger partial charge in [-0.1, -0.05) is 17.9 Å². The maximum atomic E-state index is 11.0. The Labute approximate surface area is 106 Å². The van der Waals surface area contributed by atoms with Crippen LogP contribution >= 0.6 is 0 Å². The highest BCUT2D eigenvalue weighted by atomic mass is 16.1. The van der Waals surface area contributed by atoms with Crippen molar-refractivity contribution in [2.24, 2.45) is 5.41 Å². The van der Waals surface area contributed by atoms with E-state index in [4.69, 9.17) is 0 Å². The molecule has 0 atom stereocenters. The molecular formula is C16H24O. The molecule has 0 fully saturated rings. The first-order chi connectivity index (χ1) is 7.97. The lowest BCUT2D eigenvalue weighted by molar-refractivity contribution is -0.114. The van der Waals surface area contributed by atoms with Crippen LogP contribution in [0.1, 0.15) is 65.7 Å². The molecule has 0 aliphatic heterocycles. The lowest BCUT2D eigenvalue weighted by Crippen LogP contribution is -1.98. The number of unbranched alkanes of at least 4 members (excludes halogenated alkanes) is 3. The maximum Gasteiger partial charge on any atom is 0.155 e. The summed E-state index contributed by atoms with van der Waals surface area (Å²) in [6, 6.07) is 0. The number of hydrogen-bond acceptors (Lipinski definition) is 1. The molecule has 0 bridgehead atoms. The third-order valence-electron chi connectivity index (χ3n) is 2.82. The predicted molar refractivity (Wildman–Crippen MR) is 72.6 cm³/mol. The summed E-state index contributed by atoms with van der Waals surface area (Å²) in [5.41, 5.74) is 1.49. The first kappa shape index (κ1) is 14.0. The minimum atomic E-state index is 0.134. The van der Waals surface area contributed by atoms with Gasteiger partial charge in [-0.25, -0.2) is 0 Å². The molecule has 0 aromatic carbocycles. The van der Waals surface area contributed by atoms with E-state index in [9.17, 15) is 4.79 Å². The van der Waals surface area contributed by atoms with Crippen molar-refractivity contribution in [3.8, 4) is 11.8 Å². The first-order valence-electron chi connectivity index (χ1n) is 6.70. The average molecular weight is 232 g/mol. The van der Waals surface area contributed by atoms with Crippen LogP contribution in [-0.4, -0.2) is 5.78 Å². The normalized spacial score (nSPS) is 15.5. The summed E-state index contributed by atoms with van der Waals surface area (Å²) in [6.07, 6.45) is 9.33. The van der Waals surface area contributed by atoms with Gasteiger partial charge in [0.1, 0.15) is 0 Å². The lowest BCUT2D eigenvalue weighted by Gasteiger charge is -2.06. The van der Waals surface area contributed by atoms with E-state index in [-0.39, 0.29) is 5.41 Å². The van der Waals surface area contributed by atoms with Gasteiger partial charge in [0, 0.05) is 18.3 Å². The van der Waals surface area contributed by atoms with Crippen molar-refractivity contribution >= 4 is 5.78 Å². The number of rotatable bonds is 5. The van der Waals surface area contributed by atoms with E-state index < -0.39 is 0 Å². The van der Waals surface area contributed by atoms with Gasteiger partial charge in [0.05, 0.1) is 0 Å². The zero-order chi connectivity index (χ0) is 12.7. The summed E-state index contributed by atoms with van der Waals surface area (Å²) in [5.74, 6) is 6.81. The lowest BCUT2D eigenvalue weighted by atomic mass is 9.97. The molecule has 0 saturated heterocycles. The summed E-state index contributed by atoms with van der Waals surface area (Å²) in [7, 11) is 0. The molecule has 0 radical (unpaired) electrons. The van der Waals surface area contributed by atoms with Crippen molar-refractivity contribution in [3.05, 3.63) is 11.6 Å². The molecule has 1 rings (SSSR count). The zero-order valence-corrected chi connectivity index (χ0v) is 11.4. The van der Waals surface area contributed by atoms with Crippen molar-refractivity contribution in [2.75, 3.05) is 0 Å². The summed E-state index contributed by atoms with van der Waals surface area (Å²) < 4.78 is 0. The molecule has 0 aromatic heterocycles. The van der Waals surface area contributed by atoms with Gasteiger partial charge in [-0.05, 0) is 52.5 Å². The molecule has 0 heterocycles. The highest BCUT2D eigenvalue weighted by Gasteiger charge is 2.10. The Morgan fingerprint density at radius 3 is 2.53 bits per heavy atom. The third kappa shape index (κ3) is 7.00. The molecule has 0 N–H and O–H groups in total. The zero-order valence-electron chi connectivity index (χ0n) is 11.4. The van der Waals surface area contributed by atoms with Gasteiger partial charge in [0.2, 0.25) is 0 Å². The Hall–Kier alpha value is -1.03. The summed E-state index contributed by atoms with van der Waals surface area (Å²) in [6.45, 7) is 6.43. The predicted octanol–water partition coefficient (Wildman–Crippen LogP) is 4.28. The first-order valence-corrected chi connectivity index (χ1v) is 6.70. The fourth-order valence-corrected chi connectivity index (χ4v) is 1.92. The van der Waals surface area contributed by atoms with Gasteiger partial charge >= 0.3 is 0 Å². The van der Waals surface area contributed by atoms with Crippen LogP contribution in [0.25, 0.3) is 0 Å². The van der Waals surface area contributed by atoms with Crippen LogP contribution in [0, 0.1) is 17.3 Å². The molecule has 1 aliphatic carbocycles. The Balaban J connectivity index is 2.03. The van der Waals surface area contributed by atoms with E-state index in [1.54, 1.807) is 0 Å². The quantitative estimate of drug-likeness (QED) is 0.511. The third-order valence-corrected chi connectivity index (χ3v) is 2.82. The standard InChI is InChI=1S/C16H24O/c1-16(2,3)12-8-6-4-5-7-9-14-10-11-15(17)13-14/h13H,4-7,9-11H2,1-3H3. The van der Waals surface area contributed by atoms with Gasteiger partial charge in [0.15, 0.2) is 5.78 Å². The molecule has 1 aliphatic rings. The Kier molecular flexibility index (Phi) is 5.48. The number of allylic oxidation sites excluding steroid dienone is 2. The SMILES string of the molecule is CC(C)(C)C#CCCCCCC1=CC(=O)CC1. The summed E-state index contributed by atoms with van der Waals surface area (Å²) in [4.78, 5) is 11.0. The van der Waals surface area contributed by atoms with Crippen molar-refractivity contribution in [1.29, 1.82) is 0 Å². The second kappa shape index (κ2) is 6.64. The van der Waals surface area contributed by atoms with Crippen molar-refractivity contribution in [2.45, 2.75) is 65.7 Å². The largest absolute Gasteiger partial charge is 0.295 e. The fraction of sp³-hybridized carbons (Fsp3) is 0.688. The molecule has 0 unspecified atom stereocenters. The van der Waals surface area contributed by atoms with Crippen LogP contribution in [0.5, 0.6) is 0 Å². The number of carbonyl (C=O) groups is 1. The number of carbonyl (C=O) groups excluding carboxylic acids is 1. The van der Waals surface area contributed by atoms with Crippen LogP contribution in [0.3, 0.4) is 0 Å². The van der Waals surface area contributed by atoms with E-state index in [1.807, 2.05) is 6.08 Å². The van der Waals surface area contributed by atoms with Crippen LogP contribution in [0.2, 0.25) is 0 Å². The van der Waals surface area contributed by atoms with Crippen molar-refractivity contribution in [3.63, 3.8) is 0 Å². The van der Waals surface area contributed by atoms with E-state index in [0.717, 1.165) is 25.7 Å². The van der Waals surface area contributed by atoms with Gasteiger partial charge in [-0.15, -0.1) is 5.92 Å². The van der Waals surface area contributed by atoms with Gasteiger partial charge in [-0.2, -0.15) is 0 Å². The maximum absolute atomic E-state index is 11.0. The fourth-order valence-electron chi connectivity index (χ4n) is 1.92. The molecule has 17 heavy (non-hydrogen) atoms. The van der Waals surface area contributed by atoms with E-state index in [1.165, 1.54) is 24.8 Å². The molecule has 0 aromatic rings. The second-order valence-corrected chi connectivity index (χ2v) is 5.88. The van der Waals surface area contributed by atoms with E-state index in [2.05, 4.69) is 32.6 Å². The average Bonchev–Trinajstić information content (AvgIpc) is 2.61. The molecule has 1 nitrogen and oxygen atoms in total. The molecule has 94 valence electrons.